The van der Waals surface area contributed by atoms with Gasteiger partial charge in [0.05, 0.1) is 11.8 Å². The minimum absolute atomic E-state index is 0.0473. The Balaban J connectivity index is 2.70. The van der Waals surface area contributed by atoms with Crippen LogP contribution in [0.1, 0.15) is 25.5 Å². The van der Waals surface area contributed by atoms with Gasteiger partial charge in [-0.1, -0.05) is 0 Å². The molecule has 0 unspecified atom stereocenters. The Labute approximate surface area is 108 Å². The number of hydrogen-bond acceptors (Lipinski definition) is 6. The van der Waals surface area contributed by atoms with Crippen LogP contribution < -0.4 is 0 Å². The number of halogens is 1. The maximum absolute atomic E-state index is 13.8. The molecule has 0 aromatic carbocycles. The van der Waals surface area contributed by atoms with Crippen LogP contribution >= 0.6 is 0 Å². The van der Waals surface area contributed by atoms with Crippen LogP contribution in [0.2, 0.25) is 0 Å². The van der Waals surface area contributed by atoms with Crippen molar-refractivity contribution in [2.75, 3.05) is 0 Å². The summed E-state index contributed by atoms with van der Waals surface area (Å²) in [7, 11) is 0. The van der Waals surface area contributed by atoms with Gasteiger partial charge < -0.3 is 15.3 Å². The van der Waals surface area contributed by atoms with Crippen molar-refractivity contribution in [1.29, 1.82) is 0 Å². The van der Waals surface area contributed by atoms with Crippen molar-refractivity contribution in [3.8, 4) is 11.4 Å². The van der Waals surface area contributed by atoms with Gasteiger partial charge in [0, 0.05) is 12.2 Å². The van der Waals surface area contributed by atoms with Gasteiger partial charge in [-0.05, 0) is 13.8 Å². The van der Waals surface area contributed by atoms with Crippen LogP contribution in [0, 0.1) is 5.82 Å². The Kier molecular flexibility index (Phi) is 3.31. The standard InChI is InChI=1S/C11H13FN4O3/c1-6(2)16-10(8(12)4-15-16)9-7(11(17,18)19)3-13-5-14-9/h3-6,17-19H,1-2H3. The Morgan fingerprint density at radius 2 is 1.95 bits per heavy atom. The summed E-state index contributed by atoms with van der Waals surface area (Å²) >= 11 is 0. The lowest BCUT2D eigenvalue weighted by molar-refractivity contribution is -0.323. The monoisotopic (exact) mass is 268 g/mol. The highest BCUT2D eigenvalue weighted by atomic mass is 19.1. The SMILES string of the molecule is CC(C)n1ncc(F)c1-c1ncncc1C(O)(O)O. The smallest absolute Gasteiger partial charge is 0.308 e. The minimum Gasteiger partial charge on any atom is -0.340 e. The molecular formula is C11H13FN4O3. The lowest BCUT2D eigenvalue weighted by Crippen LogP contribution is -2.26. The van der Waals surface area contributed by atoms with Crippen LogP contribution in [0.5, 0.6) is 0 Å². The van der Waals surface area contributed by atoms with Crippen molar-refractivity contribution in [2.24, 2.45) is 0 Å². The van der Waals surface area contributed by atoms with E-state index in [9.17, 15) is 19.7 Å². The van der Waals surface area contributed by atoms with E-state index in [2.05, 4.69) is 15.1 Å². The zero-order chi connectivity index (χ0) is 14.2. The second kappa shape index (κ2) is 4.65. The zero-order valence-corrected chi connectivity index (χ0v) is 10.3. The highest BCUT2D eigenvalue weighted by Gasteiger charge is 2.30. The van der Waals surface area contributed by atoms with E-state index in [4.69, 9.17) is 0 Å². The zero-order valence-electron chi connectivity index (χ0n) is 10.3. The summed E-state index contributed by atoms with van der Waals surface area (Å²) in [6.07, 6.45) is 3.11. The van der Waals surface area contributed by atoms with Crippen LogP contribution in [0.25, 0.3) is 11.4 Å². The highest BCUT2D eigenvalue weighted by molar-refractivity contribution is 5.60. The normalized spacial score (nSPS) is 12.2. The van der Waals surface area contributed by atoms with Gasteiger partial charge in [0.2, 0.25) is 0 Å². The summed E-state index contributed by atoms with van der Waals surface area (Å²) in [4.78, 5) is 7.38. The predicted octanol–water partition coefficient (Wildman–Crippen LogP) is 0.147. The van der Waals surface area contributed by atoms with E-state index in [0.717, 1.165) is 18.7 Å². The van der Waals surface area contributed by atoms with Gasteiger partial charge in [-0.25, -0.2) is 14.4 Å². The summed E-state index contributed by atoms with van der Waals surface area (Å²) in [5.41, 5.74) is -0.601. The molecule has 2 aromatic rings. The molecule has 0 spiro atoms. The molecule has 19 heavy (non-hydrogen) atoms. The number of aromatic nitrogens is 4. The molecule has 0 saturated heterocycles. The van der Waals surface area contributed by atoms with Crippen LogP contribution in [-0.4, -0.2) is 35.1 Å². The molecule has 102 valence electrons. The van der Waals surface area contributed by atoms with E-state index in [1.54, 1.807) is 13.8 Å². The van der Waals surface area contributed by atoms with Crippen molar-refractivity contribution in [2.45, 2.75) is 25.9 Å². The molecule has 0 aliphatic carbocycles. The van der Waals surface area contributed by atoms with E-state index in [0.29, 0.717) is 0 Å². The Bertz CT molecular complexity index is 592. The van der Waals surface area contributed by atoms with Crippen LogP contribution in [0.4, 0.5) is 4.39 Å². The second-order valence-electron chi connectivity index (χ2n) is 4.30. The average molecular weight is 268 g/mol. The summed E-state index contributed by atoms with van der Waals surface area (Å²) in [6.45, 7) is 3.56. The molecule has 0 radical (unpaired) electrons. The predicted molar refractivity (Wildman–Crippen MR) is 61.9 cm³/mol. The molecule has 8 heteroatoms. The number of nitrogens with zero attached hydrogens (tertiary/aromatic N) is 4. The Morgan fingerprint density at radius 3 is 2.53 bits per heavy atom. The van der Waals surface area contributed by atoms with E-state index in [1.807, 2.05) is 0 Å². The lowest BCUT2D eigenvalue weighted by atomic mass is 10.1. The molecule has 3 N–H and O–H groups in total. The minimum atomic E-state index is -3.16. The van der Waals surface area contributed by atoms with Crippen molar-refractivity contribution in [1.82, 2.24) is 19.7 Å². The first kappa shape index (κ1) is 13.5. The van der Waals surface area contributed by atoms with Gasteiger partial charge in [-0.3, -0.25) is 4.68 Å². The van der Waals surface area contributed by atoms with Gasteiger partial charge in [-0.2, -0.15) is 5.10 Å². The fraction of sp³-hybridized carbons (Fsp3) is 0.364. The van der Waals surface area contributed by atoms with E-state index >= 15 is 0 Å². The largest absolute Gasteiger partial charge is 0.340 e. The third kappa shape index (κ3) is 2.46. The summed E-state index contributed by atoms with van der Waals surface area (Å²) in [5, 5.41) is 31.7. The molecule has 2 heterocycles. The van der Waals surface area contributed by atoms with Crippen molar-refractivity contribution < 1.29 is 19.7 Å². The molecular weight excluding hydrogens is 255 g/mol. The topological polar surface area (TPSA) is 104 Å². The van der Waals surface area contributed by atoms with Crippen molar-refractivity contribution in [3.63, 3.8) is 0 Å². The summed E-state index contributed by atoms with van der Waals surface area (Å²) < 4.78 is 15.2. The Morgan fingerprint density at radius 1 is 1.26 bits per heavy atom. The van der Waals surface area contributed by atoms with Gasteiger partial charge in [-0.15, -0.1) is 0 Å². The molecule has 0 aliphatic heterocycles. The van der Waals surface area contributed by atoms with Crippen LogP contribution in [-0.2, 0) is 5.97 Å². The average Bonchev–Trinajstić information content (AvgIpc) is 2.70. The fourth-order valence-electron chi connectivity index (χ4n) is 1.72. The lowest BCUT2D eigenvalue weighted by Gasteiger charge is -2.18. The number of rotatable bonds is 3. The molecule has 0 saturated carbocycles. The second-order valence-corrected chi connectivity index (χ2v) is 4.30. The highest BCUT2D eigenvalue weighted by Crippen LogP contribution is 2.29. The molecule has 0 atom stereocenters. The van der Waals surface area contributed by atoms with Crippen molar-refractivity contribution in [3.05, 3.63) is 30.1 Å². The number of aliphatic hydroxyl groups is 3. The van der Waals surface area contributed by atoms with E-state index < -0.39 is 17.4 Å². The molecule has 7 nitrogen and oxygen atoms in total. The maximum atomic E-state index is 13.8. The van der Waals surface area contributed by atoms with E-state index in [-0.39, 0.29) is 17.4 Å². The van der Waals surface area contributed by atoms with Crippen LogP contribution in [0.15, 0.2) is 18.7 Å². The van der Waals surface area contributed by atoms with Gasteiger partial charge in [0.25, 0.3) is 0 Å². The maximum Gasteiger partial charge on any atom is 0.308 e. The van der Waals surface area contributed by atoms with Crippen molar-refractivity contribution >= 4 is 0 Å². The first-order valence-electron chi connectivity index (χ1n) is 5.53. The quantitative estimate of drug-likeness (QED) is 0.684. The molecule has 0 bridgehead atoms. The third-order valence-electron chi connectivity index (χ3n) is 2.54. The number of hydrogen-bond donors (Lipinski definition) is 3. The van der Waals surface area contributed by atoms with Gasteiger partial charge in [0.15, 0.2) is 5.82 Å². The Hall–Kier alpha value is -1.90. The first-order chi connectivity index (χ1) is 8.82. The summed E-state index contributed by atoms with van der Waals surface area (Å²) in [6, 6.07) is -0.173. The molecule has 2 aromatic heterocycles. The third-order valence-corrected chi connectivity index (χ3v) is 2.54. The first-order valence-corrected chi connectivity index (χ1v) is 5.53. The molecule has 0 fully saturated rings. The van der Waals surface area contributed by atoms with Crippen LogP contribution in [0.3, 0.4) is 0 Å². The summed E-state index contributed by atoms with van der Waals surface area (Å²) in [5.74, 6) is -3.84. The fourth-order valence-corrected chi connectivity index (χ4v) is 1.72. The van der Waals surface area contributed by atoms with Gasteiger partial charge in [0.1, 0.15) is 17.7 Å². The molecule has 2 rings (SSSR count). The molecule has 0 amide bonds. The van der Waals surface area contributed by atoms with E-state index in [1.165, 1.54) is 4.68 Å². The van der Waals surface area contributed by atoms with Gasteiger partial charge >= 0.3 is 5.97 Å². The molecule has 0 aliphatic rings.